The summed E-state index contributed by atoms with van der Waals surface area (Å²) in [5, 5.41) is 3.29. The second-order valence-corrected chi connectivity index (χ2v) is 5.62. The molecule has 2 aromatic heterocycles. The summed E-state index contributed by atoms with van der Waals surface area (Å²) in [6.07, 6.45) is 2.60. The molecule has 0 aromatic carbocycles. The second-order valence-electron chi connectivity index (χ2n) is 5.62. The van der Waals surface area contributed by atoms with Crippen molar-refractivity contribution < 1.29 is 13.2 Å². The minimum absolute atomic E-state index is 0.304. The number of alkyl halides is 3. The van der Waals surface area contributed by atoms with E-state index >= 15 is 0 Å². The zero-order valence-corrected chi connectivity index (χ0v) is 12.3. The Morgan fingerprint density at radius 2 is 1.91 bits per heavy atom. The molecule has 122 valence electrons. The van der Waals surface area contributed by atoms with Crippen LogP contribution >= 0.6 is 0 Å². The molecular weight excluding hydrogens is 307 g/mol. The first kappa shape index (κ1) is 15.6. The van der Waals surface area contributed by atoms with Crippen LogP contribution in [0.15, 0.2) is 41.5 Å². The zero-order valence-electron chi connectivity index (χ0n) is 12.3. The number of halogens is 3. The number of hydrogen-bond donors (Lipinski definition) is 1. The lowest BCUT2D eigenvalue weighted by molar-refractivity contribution is -0.138. The van der Waals surface area contributed by atoms with E-state index in [2.05, 4.69) is 10.3 Å². The zero-order chi connectivity index (χ0) is 16.4. The Hall–Kier alpha value is -2.31. The van der Waals surface area contributed by atoms with Gasteiger partial charge in [0.15, 0.2) is 0 Å². The van der Waals surface area contributed by atoms with Crippen LogP contribution in [-0.4, -0.2) is 15.6 Å². The van der Waals surface area contributed by atoms with Crippen molar-refractivity contribution in [2.24, 2.45) is 0 Å². The first-order valence-corrected chi connectivity index (χ1v) is 7.47. The molecule has 3 rings (SSSR count). The summed E-state index contributed by atoms with van der Waals surface area (Å²) in [4.78, 5) is 16.2. The van der Waals surface area contributed by atoms with Crippen LogP contribution in [-0.2, 0) is 6.18 Å². The van der Waals surface area contributed by atoms with Crippen LogP contribution in [0.1, 0.15) is 31.2 Å². The van der Waals surface area contributed by atoms with E-state index in [-0.39, 0.29) is 0 Å². The predicted molar refractivity (Wildman–Crippen MR) is 80.7 cm³/mol. The predicted octanol–water partition coefficient (Wildman–Crippen LogP) is 3.61. The normalized spacial score (nSPS) is 15.8. The molecule has 0 unspecified atom stereocenters. The van der Waals surface area contributed by atoms with Gasteiger partial charge in [0.1, 0.15) is 11.4 Å². The Bertz CT molecular complexity index is 731. The molecule has 7 heteroatoms. The van der Waals surface area contributed by atoms with E-state index in [1.807, 2.05) is 0 Å². The molecule has 2 aromatic rings. The fourth-order valence-electron chi connectivity index (χ4n) is 2.81. The molecule has 0 saturated heterocycles. The molecule has 2 heterocycles. The molecule has 4 nitrogen and oxygen atoms in total. The van der Waals surface area contributed by atoms with Crippen molar-refractivity contribution in [3.05, 3.63) is 52.6 Å². The number of nitrogens with one attached hydrogen (secondary N) is 1. The molecule has 0 radical (unpaired) electrons. The van der Waals surface area contributed by atoms with E-state index in [1.165, 1.54) is 31.3 Å². The molecule has 0 amide bonds. The Labute approximate surface area is 131 Å². The number of anilines is 1. The van der Waals surface area contributed by atoms with Crippen molar-refractivity contribution in [1.29, 1.82) is 0 Å². The SMILES string of the molecule is O=c1c(C(F)(F)F)cccn1-c1ccc(NC2CCCC2)nc1. The summed E-state index contributed by atoms with van der Waals surface area (Å²) in [6, 6.07) is 5.65. The van der Waals surface area contributed by atoms with Gasteiger partial charge in [0.05, 0.1) is 11.9 Å². The Kier molecular flexibility index (Phi) is 4.11. The van der Waals surface area contributed by atoms with E-state index in [4.69, 9.17) is 0 Å². The highest BCUT2D eigenvalue weighted by Crippen LogP contribution is 2.26. The van der Waals surface area contributed by atoms with Crippen molar-refractivity contribution in [3.63, 3.8) is 0 Å². The molecule has 0 spiro atoms. The van der Waals surface area contributed by atoms with Crippen LogP contribution in [0.3, 0.4) is 0 Å². The summed E-state index contributed by atoms with van der Waals surface area (Å²) < 4.78 is 39.3. The number of hydrogen-bond acceptors (Lipinski definition) is 3. The molecule has 1 N–H and O–H groups in total. The quantitative estimate of drug-likeness (QED) is 0.939. The monoisotopic (exact) mass is 323 g/mol. The minimum atomic E-state index is -4.67. The van der Waals surface area contributed by atoms with E-state index in [9.17, 15) is 18.0 Å². The number of aromatic nitrogens is 2. The van der Waals surface area contributed by atoms with Crippen molar-refractivity contribution in [1.82, 2.24) is 9.55 Å². The van der Waals surface area contributed by atoms with Gasteiger partial charge in [0, 0.05) is 12.2 Å². The van der Waals surface area contributed by atoms with Gasteiger partial charge in [-0.25, -0.2) is 4.98 Å². The van der Waals surface area contributed by atoms with Gasteiger partial charge in [0.25, 0.3) is 5.56 Å². The third kappa shape index (κ3) is 3.38. The van der Waals surface area contributed by atoms with Crippen LogP contribution in [0.4, 0.5) is 19.0 Å². The van der Waals surface area contributed by atoms with Crippen molar-refractivity contribution >= 4 is 5.82 Å². The van der Waals surface area contributed by atoms with Crippen LogP contribution < -0.4 is 10.9 Å². The Balaban J connectivity index is 1.86. The topological polar surface area (TPSA) is 46.9 Å². The molecule has 1 aliphatic carbocycles. The van der Waals surface area contributed by atoms with Crippen molar-refractivity contribution in [2.75, 3.05) is 5.32 Å². The summed E-state index contributed by atoms with van der Waals surface area (Å²) >= 11 is 0. The van der Waals surface area contributed by atoms with Crippen LogP contribution in [0.5, 0.6) is 0 Å². The first-order chi connectivity index (χ1) is 10.9. The molecule has 0 bridgehead atoms. The third-order valence-corrected chi connectivity index (χ3v) is 3.99. The van der Waals surface area contributed by atoms with Gasteiger partial charge < -0.3 is 5.32 Å². The van der Waals surface area contributed by atoms with Gasteiger partial charge in [-0.05, 0) is 37.1 Å². The maximum Gasteiger partial charge on any atom is 0.421 e. The average molecular weight is 323 g/mol. The fourth-order valence-corrected chi connectivity index (χ4v) is 2.81. The number of nitrogens with zero attached hydrogens (tertiary/aromatic N) is 2. The van der Waals surface area contributed by atoms with E-state index < -0.39 is 17.3 Å². The Morgan fingerprint density at radius 1 is 1.17 bits per heavy atom. The van der Waals surface area contributed by atoms with Gasteiger partial charge >= 0.3 is 6.18 Å². The number of pyridine rings is 2. The van der Waals surface area contributed by atoms with Crippen molar-refractivity contribution in [3.8, 4) is 5.69 Å². The Morgan fingerprint density at radius 3 is 2.52 bits per heavy atom. The maximum absolute atomic E-state index is 12.8. The average Bonchev–Trinajstić information content (AvgIpc) is 3.00. The molecule has 1 fully saturated rings. The molecule has 23 heavy (non-hydrogen) atoms. The lowest BCUT2D eigenvalue weighted by Crippen LogP contribution is -2.27. The van der Waals surface area contributed by atoms with Gasteiger partial charge in [-0.1, -0.05) is 12.8 Å². The smallest absolute Gasteiger partial charge is 0.367 e. The fraction of sp³-hybridized carbons (Fsp3) is 0.375. The minimum Gasteiger partial charge on any atom is -0.367 e. The van der Waals surface area contributed by atoms with Gasteiger partial charge in [0.2, 0.25) is 0 Å². The highest BCUT2D eigenvalue weighted by Gasteiger charge is 2.34. The molecule has 1 saturated carbocycles. The largest absolute Gasteiger partial charge is 0.421 e. The lowest BCUT2D eigenvalue weighted by Gasteiger charge is -2.13. The highest BCUT2D eigenvalue weighted by atomic mass is 19.4. The van der Waals surface area contributed by atoms with Crippen molar-refractivity contribution in [2.45, 2.75) is 37.9 Å². The maximum atomic E-state index is 12.8. The van der Waals surface area contributed by atoms with E-state index in [1.54, 1.807) is 12.1 Å². The van der Waals surface area contributed by atoms with Crippen LogP contribution in [0.2, 0.25) is 0 Å². The molecule has 0 atom stereocenters. The van der Waals surface area contributed by atoms with Crippen LogP contribution in [0, 0.1) is 0 Å². The summed E-state index contributed by atoms with van der Waals surface area (Å²) in [5.74, 6) is 0.667. The second kappa shape index (κ2) is 6.06. The van der Waals surface area contributed by atoms with Gasteiger partial charge in [-0.15, -0.1) is 0 Å². The summed E-state index contributed by atoms with van der Waals surface area (Å²) in [7, 11) is 0. The standard InChI is InChI=1S/C16H16F3N3O/c17-16(18,19)13-6-3-9-22(15(13)23)12-7-8-14(20-10-12)21-11-4-1-2-5-11/h3,6-11H,1-2,4-5H2,(H,20,21). The lowest BCUT2D eigenvalue weighted by atomic mass is 10.2. The summed E-state index contributed by atoms with van der Waals surface area (Å²) in [6.45, 7) is 0. The first-order valence-electron chi connectivity index (χ1n) is 7.47. The highest BCUT2D eigenvalue weighted by molar-refractivity contribution is 5.42. The molecule has 1 aliphatic rings. The molecular formula is C16H16F3N3O. The van der Waals surface area contributed by atoms with Gasteiger partial charge in [-0.2, -0.15) is 13.2 Å². The van der Waals surface area contributed by atoms with E-state index in [0.29, 0.717) is 17.5 Å². The number of rotatable bonds is 3. The van der Waals surface area contributed by atoms with Crippen LogP contribution in [0.25, 0.3) is 5.69 Å². The van der Waals surface area contributed by atoms with Gasteiger partial charge in [-0.3, -0.25) is 9.36 Å². The summed E-state index contributed by atoms with van der Waals surface area (Å²) in [5.41, 5.74) is -1.98. The van der Waals surface area contributed by atoms with E-state index in [0.717, 1.165) is 23.5 Å². The molecule has 0 aliphatic heterocycles. The third-order valence-electron chi connectivity index (χ3n) is 3.99.